The Kier molecular flexibility index (Phi) is 4.62. The van der Waals surface area contributed by atoms with Gasteiger partial charge in [0.2, 0.25) is 0 Å². The van der Waals surface area contributed by atoms with Gasteiger partial charge in [-0.05, 0) is 102 Å². The van der Waals surface area contributed by atoms with Crippen LogP contribution >= 0.6 is 0 Å². The maximum atomic E-state index is 9.21. The molecule has 0 saturated carbocycles. The second-order valence-corrected chi connectivity index (χ2v) is 10.5. The molecule has 0 unspecified atom stereocenters. The van der Waals surface area contributed by atoms with Gasteiger partial charge in [-0.1, -0.05) is 92.7 Å². The molecule has 0 aromatic heterocycles. The van der Waals surface area contributed by atoms with Crippen molar-refractivity contribution >= 4 is 21.5 Å². The fourth-order valence-electron chi connectivity index (χ4n) is 6.12. The molecular formula is C36H25N. The first kappa shape index (κ1) is 21.6. The van der Waals surface area contributed by atoms with Gasteiger partial charge in [0.05, 0.1) is 11.6 Å². The van der Waals surface area contributed by atoms with Gasteiger partial charge in [0, 0.05) is 5.41 Å². The van der Waals surface area contributed by atoms with E-state index in [1.54, 1.807) is 0 Å². The third-order valence-electron chi connectivity index (χ3n) is 8.09. The normalized spacial score (nSPS) is 13.3. The molecule has 0 radical (unpaired) electrons. The third-order valence-corrected chi connectivity index (χ3v) is 8.09. The van der Waals surface area contributed by atoms with Crippen LogP contribution in [0, 0.1) is 11.3 Å². The summed E-state index contributed by atoms with van der Waals surface area (Å²) in [4.78, 5) is 0. The Hall–Kier alpha value is -4.67. The van der Waals surface area contributed by atoms with Crippen molar-refractivity contribution < 1.29 is 0 Å². The summed E-state index contributed by atoms with van der Waals surface area (Å²) in [5, 5.41) is 14.3. The summed E-state index contributed by atoms with van der Waals surface area (Å²) in [7, 11) is 0. The smallest absolute Gasteiger partial charge is 0.0991 e. The molecule has 6 aromatic carbocycles. The molecule has 0 saturated heterocycles. The molecule has 37 heavy (non-hydrogen) atoms. The molecule has 0 aliphatic heterocycles. The molecule has 174 valence electrons. The third kappa shape index (κ3) is 3.23. The Morgan fingerprint density at radius 3 is 2.03 bits per heavy atom. The predicted octanol–water partition coefficient (Wildman–Crippen LogP) is 9.50. The van der Waals surface area contributed by atoms with Crippen molar-refractivity contribution in [2.24, 2.45) is 0 Å². The molecule has 0 N–H and O–H groups in total. The molecule has 0 bridgehead atoms. The van der Waals surface area contributed by atoms with Crippen LogP contribution < -0.4 is 0 Å². The zero-order chi connectivity index (χ0) is 25.1. The predicted molar refractivity (Wildman–Crippen MR) is 155 cm³/mol. The van der Waals surface area contributed by atoms with E-state index in [9.17, 15) is 5.26 Å². The molecule has 1 nitrogen and oxygen atoms in total. The van der Waals surface area contributed by atoms with Crippen LogP contribution in [-0.2, 0) is 5.41 Å². The van der Waals surface area contributed by atoms with E-state index in [-0.39, 0.29) is 5.41 Å². The summed E-state index contributed by atoms with van der Waals surface area (Å²) in [6, 6.07) is 43.6. The number of hydrogen-bond donors (Lipinski definition) is 0. The number of hydrogen-bond acceptors (Lipinski definition) is 1. The van der Waals surface area contributed by atoms with E-state index in [1.165, 1.54) is 54.9 Å². The lowest BCUT2D eigenvalue weighted by atomic mass is 9.81. The van der Waals surface area contributed by atoms with E-state index in [0.717, 1.165) is 11.1 Å². The largest absolute Gasteiger partial charge is 0.192 e. The molecule has 0 heterocycles. The summed E-state index contributed by atoms with van der Waals surface area (Å²) in [6.07, 6.45) is 0. The van der Waals surface area contributed by atoms with Gasteiger partial charge in [0.25, 0.3) is 0 Å². The van der Waals surface area contributed by atoms with E-state index in [1.807, 2.05) is 24.3 Å². The maximum Gasteiger partial charge on any atom is 0.0991 e. The van der Waals surface area contributed by atoms with Crippen molar-refractivity contribution in [1.29, 1.82) is 5.26 Å². The fraction of sp³-hybridized carbons (Fsp3) is 0.0833. The van der Waals surface area contributed by atoms with Gasteiger partial charge in [-0.3, -0.25) is 0 Å². The Bertz CT molecular complexity index is 1880. The fourth-order valence-corrected chi connectivity index (χ4v) is 6.12. The quantitative estimate of drug-likeness (QED) is 0.231. The lowest BCUT2D eigenvalue weighted by Gasteiger charge is -2.22. The van der Waals surface area contributed by atoms with Gasteiger partial charge in [0.15, 0.2) is 0 Å². The molecule has 0 spiro atoms. The topological polar surface area (TPSA) is 23.8 Å². The average Bonchev–Trinajstić information content (AvgIpc) is 3.18. The Morgan fingerprint density at radius 1 is 0.514 bits per heavy atom. The van der Waals surface area contributed by atoms with Crippen LogP contribution in [0.5, 0.6) is 0 Å². The Morgan fingerprint density at radius 2 is 1.24 bits per heavy atom. The van der Waals surface area contributed by atoms with Crippen molar-refractivity contribution in [2.75, 3.05) is 0 Å². The molecule has 1 aliphatic carbocycles. The lowest BCUT2D eigenvalue weighted by molar-refractivity contribution is 0.661. The minimum atomic E-state index is -0.0556. The van der Waals surface area contributed by atoms with E-state index in [2.05, 4.69) is 111 Å². The number of fused-ring (bicyclic) bond motifs is 6. The van der Waals surface area contributed by atoms with Crippen LogP contribution in [0.25, 0.3) is 54.9 Å². The van der Waals surface area contributed by atoms with E-state index < -0.39 is 0 Å². The van der Waals surface area contributed by atoms with Gasteiger partial charge in [-0.15, -0.1) is 0 Å². The first-order chi connectivity index (χ1) is 18.0. The molecule has 1 heteroatoms. The highest BCUT2D eigenvalue weighted by Crippen LogP contribution is 2.51. The Balaban J connectivity index is 1.56. The van der Waals surface area contributed by atoms with Crippen molar-refractivity contribution in [3.63, 3.8) is 0 Å². The molecule has 1 aliphatic rings. The number of nitriles is 1. The molecular weight excluding hydrogens is 446 g/mol. The number of benzene rings is 6. The van der Waals surface area contributed by atoms with Crippen molar-refractivity contribution in [3.05, 3.63) is 132 Å². The van der Waals surface area contributed by atoms with Crippen LogP contribution in [0.1, 0.15) is 30.5 Å². The standard InChI is InChI=1S/C36H25N/c1-36(2)34-11-7-6-10-28(34)33-20-31-29(25-8-4-3-5-9-25)19-27-17-16-26(18-30(27)32(31)21-35(33)36)24-14-12-23(22-37)13-15-24/h3-21H,1-2H3. The van der Waals surface area contributed by atoms with E-state index in [0.29, 0.717) is 5.56 Å². The van der Waals surface area contributed by atoms with Crippen LogP contribution in [0.4, 0.5) is 0 Å². The minimum absolute atomic E-state index is 0.0556. The van der Waals surface area contributed by atoms with Gasteiger partial charge in [0.1, 0.15) is 0 Å². The monoisotopic (exact) mass is 471 g/mol. The zero-order valence-corrected chi connectivity index (χ0v) is 20.9. The second-order valence-electron chi connectivity index (χ2n) is 10.5. The van der Waals surface area contributed by atoms with Gasteiger partial charge in [-0.2, -0.15) is 5.26 Å². The van der Waals surface area contributed by atoms with Crippen molar-refractivity contribution in [2.45, 2.75) is 19.3 Å². The highest BCUT2D eigenvalue weighted by atomic mass is 14.4. The van der Waals surface area contributed by atoms with E-state index >= 15 is 0 Å². The van der Waals surface area contributed by atoms with Crippen molar-refractivity contribution in [1.82, 2.24) is 0 Å². The van der Waals surface area contributed by atoms with Gasteiger partial charge < -0.3 is 0 Å². The molecule has 7 rings (SSSR count). The molecule has 0 atom stereocenters. The van der Waals surface area contributed by atoms with Crippen LogP contribution in [-0.4, -0.2) is 0 Å². The SMILES string of the molecule is CC1(C)c2ccccc2-c2cc3c(-c4ccccc4)cc4ccc(-c5ccc(C#N)cc5)cc4c3cc21. The van der Waals surface area contributed by atoms with Crippen molar-refractivity contribution in [3.8, 4) is 39.4 Å². The molecule has 6 aromatic rings. The van der Waals surface area contributed by atoms with Gasteiger partial charge in [-0.25, -0.2) is 0 Å². The highest BCUT2D eigenvalue weighted by molar-refractivity contribution is 6.16. The summed E-state index contributed by atoms with van der Waals surface area (Å²) in [6.45, 7) is 4.68. The lowest BCUT2D eigenvalue weighted by Crippen LogP contribution is -2.14. The van der Waals surface area contributed by atoms with Crippen LogP contribution in [0.3, 0.4) is 0 Å². The number of nitrogens with zero attached hydrogens (tertiary/aromatic N) is 1. The zero-order valence-electron chi connectivity index (χ0n) is 20.9. The summed E-state index contributed by atoms with van der Waals surface area (Å²) in [5.41, 5.74) is 10.9. The number of rotatable bonds is 2. The molecule has 0 amide bonds. The average molecular weight is 472 g/mol. The van der Waals surface area contributed by atoms with E-state index in [4.69, 9.17) is 0 Å². The first-order valence-electron chi connectivity index (χ1n) is 12.8. The first-order valence-corrected chi connectivity index (χ1v) is 12.8. The Labute approximate surface area is 217 Å². The highest BCUT2D eigenvalue weighted by Gasteiger charge is 2.35. The van der Waals surface area contributed by atoms with Crippen LogP contribution in [0.2, 0.25) is 0 Å². The van der Waals surface area contributed by atoms with Crippen LogP contribution in [0.15, 0.2) is 115 Å². The summed E-state index contributed by atoms with van der Waals surface area (Å²) in [5.74, 6) is 0. The maximum absolute atomic E-state index is 9.21. The summed E-state index contributed by atoms with van der Waals surface area (Å²) >= 11 is 0. The molecule has 0 fully saturated rings. The summed E-state index contributed by atoms with van der Waals surface area (Å²) < 4.78 is 0. The minimum Gasteiger partial charge on any atom is -0.192 e. The van der Waals surface area contributed by atoms with Gasteiger partial charge >= 0.3 is 0 Å². The second kappa shape index (κ2) is 7.92.